The van der Waals surface area contributed by atoms with E-state index in [0.29, 0.717) is 12.5 Å². The molecule has 1 unspecified atom stereocenters. The van der Waals surface area contributed by atoms with Crippen LogP contribution in [0.1, 0.15) is 29.9 Å². The van der Waals surface area contributed by atoms with Crippen molar-refractivity contribution in [1.82, 2.24) is 4.90 Å². The van der Waals surface area contributed by atoms with Crippen molar-refractivity contribution in [3.63, 3.8) is 0 Å². The summed E-state index contributed by atoms with van der Waals surface area (Å²) in [5.41, 5.74) is 1.24. The summed E-state index contributed by atoms with van der Waals surface area (Å²) in [5, 5.41) is 9.18. The Morgan fingerprint density at radius 3 is 2.94 bits per heavy atom. The summed E-state index contributed by atoms with van der Waals surface area (Å²) in [5.74, 6) is 2.52. The van der Waals surface area contributed by atoms with Crippen LogP contribution in [-0.4, -0.2) is 29.7 Å². The summed E-state index contributed by atoms with van der Waals surface area (Å²) in [6, 6.07) is 2.09. The Morgan fingerprint density at radius 1 is 1.50 bits per heavy atom. The SMILES string of the molecule is Cc1cc(C)c(CN2CCCC(CO)C2)o1. The molecule has 1 aliphatic heterocycles. The molecule has 0 spiro atoms. The molecule has 1 N–H and O–H groups in total. The summed E-state index contributed by atoms with van der Waals surface area (Å²) in [6.07, 6.45) is 2.34. The first-order valence-electron chi connectivity index (χ1n) is 6.08. The largest absolute Gasteiger partial charge is 0.465 e. The van der Waals surface area contributed by atoms with E-state index < -0.39 is 0 Å². The van der Waals surface area contributed by atoms with Crippen molar-refractivity contribution in [2.24, 2.45) is 5.92 Å². The van der Waals surface area contributed by atoms with E-state index in [9.17, 15) is 5.11 Å². The lowest BCUT2D eigenvalue weighted by Crippen LogP contribution is -2.36. The molecule has 0 aliphatic carbocycles. The normalized spacial score (nSPS) is 22.6. The molecule has 90 valence electrons. The van der Waals surface area contributed by atoms with E-state index in [-0.39, 0.29) is 0 Å². The second kappa shape index (κ2) is 5.02. The zero-order chi connectivity index (χ0) is 11.5. The Kier molecular flexibility index (Phi) is 3.66. The molecule has 1 aromatic rings. The number of rotatable bonds is 3. The summed E-state index contributed by atoms with van der Waals surface area (Å²) >= 11 is 0. The topological polar surface area (TPSA) is 36.6 Å². The van der Waals surface area contributed by atoms with Gasteiger partial charge in [-0.2, -0.15) is 0 Å². The number of aliphatic hydroxyl groups is 1. The quantitative estimate of drug-likeness (QED) is 0.852. The van der Waals surface area contributed by atoms with Gasteiger partial charge < -0.3 is 9.52 Å². The van der Waals surface area contributed by atoms with Gasteiger partial charge >= 0.3 is 0 Å². The van der Waals surface area contributed by atoms with Gasteiger partial charge in [0.2, 0.25) is 0 Å². The number of aliphatic hydroxyl groups excluding tert-OH is 1. The van der Waals surface area contributed by atoms with Gasteiger partial charge in [0.05, 0.1) is 6.54 Å². The van der Waals surface area contributed by atoms with Crippen molar-refractivity contribution < 1.29 is 9.52 Å². The number of aryl methyl sites for hydroxylation is 2. The lowest BCUT2D eigenvalue weighted by Gasteiger charge is -2.31. The molecule has 0 radical (unpaired) electrons. The van der Waals surface area contributed by atoms with E-state index in [1.165, 1.54) is 12.0 Å². The standard InChI is InChI=1S/C13H21NO2/c1-10-6-11(2)16-13(10)8-14-5-3-4-12(7-14)9-15/h6,12,15H,3-5,7-9H2,1-2H3. The van der Waals surface area contributed by atoms with Crippen LogP contribution < -0.4 is 0 Å². The molecule has 3 nitrogen and oxygen atoms in total. The predicted molar refractivity (Wildman–Crippen MR) is 63.3 cm³/mol. The van der Waals surface area contributed by atoms with Crippen molar-refractivity contribution in [1.29, 1.82) is 0 Å². The van der Waals surface area contributed by atoms with Crippen LogP contribution in [0.25, 0.3) is 0 Å². The van der Waals surface area contributed by atoms with Crippen molar-refractivity contribution in [2.45, 2.75) is 33.2 Å². The van der Waals surface area contributed by atoms with Gasteiger partial charge in [0.25, 0.3) is 0 Å². The maximum atomic E-state index is 9.18. The van der Waals surface area contributed by atoms with Gasteiger partial charge in [0.15, 0.2) is 0 Å². The van der Waals surface area contributed by atoms with Gasteiger partial charge in [-0.3, -0.25) is 4.90 Å². The minimum Gasteiger partial charge on any atom is -0.465 e. The first kappa shape index (κ1) is 11.7. The molecule has 0 saturated carbocycles. The zero-order valence-electron chi connectivity index (χ0n) is 10.2. The molecule has 1 atom stereocenters. The number of hydrogen-bond acceptors (Lipinski definition) is 3. The number of furan rings is 1. The molecule has 1 aromatic heterocycles. The maximum absolute atomic E-state index is 9.18. The Morgan fingerprint density at radius 2 is 2.31 bits per heavy atom. The molecule has 2 heterocycles. The predicted octanol–water partition coefficient (Wildman–Crippen LogP) is 2.10. The summed E-state index contributed by atoms with van der Waals surface area (Å²) in [7, 11) is 0. The van der Waals surface area contributed by atoms with Gasteiger partial charge in [0.1, 0.15) is 11.5 Å². The number of piperidine rings is 1. The highest BCUT2D eigenvalue weighted by Crippen LogP contribution is 2.21. The molecule has 1 fully saturated rings. The zero-order valence-corrected chi connectivity index (χ0v) is 10.2. The maximum Gasteiger partial charge on any atom is 0.121 e. The molecule has 1 aliphatic rings. The molecule has 3 heteroatoms. The molecule has 2 rings (SSSR count). The van der Waals surface area contributed by atoms with Crippen molar-refractivity contribution in [2.75, 3.05) is 19.7 Å². The molecular weight excluding hydrogens is 202 g/mol. The van der Waals surface area contributed by atoms with Crippen molar-refractivity contribution in [3.8, 4) is 0 Å². The van der Waals surface area contributed by atoms with Crippen LogP contribution in [0, 0.1) is 19.8 Å². The number of nitrogens with zero attached hydrogens (tertiary/aromatic N) is 1. The molecule has 1 saturated heterocycles. The molecule has 0 bridgehead atoms. The molecule has 16 heavy (non-hydrogen) atoms. The van der Waals surface area contributed by atoms with Gasteiger partial charge in [0, 0.05) is 13.2 Å². The van der Waals surface area contributed by atoms with Gasteiger partial charge in [-0.05, 0) is 50.8 Å². The Balaban J connectivity index is 1.96. The Hall–Kier alpha value is -0.800. The molecule has 0 aromatic carbocycles. The average Bonchev–Trinajstić information content (AvgIpc) is 2.58. The minimum atomic E-state index is 0.312. The van der Waals surface area contributed by atoms with E-state index >= 15 is 0 Å². The van der Waals surface area contributed by atoms with Crippen LogP contribution in [0.5, 0.6) is 0 Å². The van der Waals surface area contributed by atoms with E-state index in [2.05, 4.69) is 17.9 Å². The first-order chi connectivity index (χ1) is 7.69. The average molecular weight is 223 g/mol. The lowest BCUT2D eigenvalue weighted by molar-refractivity contribution is 0.110. The third-order valence-corrected chi connectivity index (χ3v) is 3.37. The fourth-order valence-corrected chi connectivity index (χ4v) is 2.49. The third kappa shape index (κ3) is 2.66. The van der Waals surface area contributed by atoms with Gasteiger partial charge in [-0.1, -0.05) is 0 Å². The Bertz CT molecular complexity index is 346. The van der Waals surface area contributed by atoms with Crippen LogP contribution in [0.15, 0.2) is 10.5 Å². The number of hydrogen-bond donors (Lipinski definition) is 1. The second-order valence-electron chi connectivity index (χ2n) is 4.89. The van der Waals surface area contributed by atoms with Gasteiger partial charge in [-0.15, -0.1) is 0 Å². The van der Waals surface area contributed by atoms with Crippen molar-refractivity contribution >= 4 is 0 Å². The lowest BCUT2D eigenvalue weighted by atomic mass is 9.99. The monoisotopic (exact) mass is 223 g/mol. The summed E-state index contributed by atoms with van der Waals surface area (Å²) in [4.78, 5) is 2.38. The van der Waals surface area contributed by atoms with Crippen LogP contribution in [0.3, 0.4) is 0 Å². The first-order valence-corrected chi connectivity index (χ1v) is 6.08. The van der Waals surface area contributed by atoms with E-state index in [0.717, 1.165) is 37.6 Å². The highest BCUT2D eigenvalue weighted by Gasteiger charge is 2.20. The van der Waals surface area contributed by atoms with E-state index in [1.54, 1.807) is 0 Å². The highest BCUT2D eigenvalue weighted by molar-refractivity contribution is 5.19. The smallest absolute Gasteiger partial charge is 0.121 e. The summed E-state index contributed by atoms with van der Waals surface area (Å²) < 4.78 is 5.68. The van der Waals surface area contributed by atoms with Crippen molar-refractivity contribution in [3.05, 3.63) is 23.2 Å². The third-order valence-electron chi connectivity index (χ3n) is 3.37. The number of likely N-dealkylation sites (tertiary alicyclic amines) is 1. The molecule has 0 amide bonds. The molecular formula is C13H21NO2. The fraction of sp³-hybridized carbons (Fsp3) is 0.692. The van der Waals surface area contributed by atoms with Crippen LogP contribution in [0.2, 0.25) is 0 Å². The van der Waals surface area contributed by atoms with Crippen LogP contribution in [0.4, 0.5) is 0 Å². The van der Waals surface area contributed by atoms with Crippen LogP contribution >= 0.6 is 0 Å². The summed E-state index contributed by atoms with van der Waals surface area (Å²) in [6.45, 7) is 7.40. The second-order valence-corrected chi connectivity index (χ2v) is 4.89. The highest BCUT2D eigenvalue weighted by atomic mass is 16.3. The van der Waals surface area contributed by atoms with Gasteiger partial charge in [-0.25, -0.2) is 0 Å². The Labute approximate surface area is 97.1 Å². The van der Waals surface area contributed by atoms with Crippen LogP contribution in [-0.2, 0) is 6.54 Å². The minimum absolute atomic E-state index is 0.312. The van der Waals surface area contributed by atoms with E-state index in [1.807, 2.05) is 6.92 Å². The fourth-order valence-electron chi connectivity index (χ4n) is 2.49. The van der Waals surface area contributed by atoms with E-state index in [4.69, 9.17) is 4.42 Å².